The van der Waals surface area contributed by atoms with Crippen LogP contribution in [0.1, 0.15) is 27.2 Å². The molecule has 0 aliphatic carbocycles. The molecule has 1 saturated heterocycles. The zero-order chi connectivity index (χ0) is 22.9. The minimum absolute atomic E-state index is 0.0998. The van der Waals surface area contributed by atoms with E-state index in [-0.39, 0.29) is 12.2 Å². The largest absolute Gasteiger partial charge is 0.488 e. The molecule has 0 N–H and O–H groups in total. The second-order valence-corrected chi connectivity index (χ2v) is 9.11. The monoisotopic (exact) mass is 455 g/mol. The van der Waals surface area contributed by atoms with Crippen molar-refractivity contribution in [2.75, 3.05) is 20.2 Å². The van der Waals surface area contributed by atoms with Crippen LogP contribution in [0.15, 0.2) is 42.7 Å². The average molecular weight is 456 g/mol. The van der Waals surface area contributed by atoms with Gasteiger partial charge in [0.15, 0.2) is 0 Å². The molecule has 3 aromatic rings. The number of likely N-dealkylation sites (tertiary alicyclic amines) is 1. The number of benzene rings is 1. The van der Waals surface area contributed by atoms with Crippen LogP contribution in [0.5, 0.6) is 11.6 Å². The summed E-state index contributed by atoms with van der Waals surface area (Å²) < 4.78 is 16.8. The number of aromatic nitrogens is 2. The fourth-order valence-corrected chi connectivity index (χ4v) is 3.93. The molecule has 0 bridgehead atoms. The SMILES string of the molecule is COc1ncc(-c2ccnc3ccc(O[C@H]4CCN(C(=O)OC(C)(C)C)C4)cc23)cc1Cl. The van der Waals surface area contributed by atoms with Gasteiger partial charge in [0.05, 0.1) is 19.2 Å². The summed E-state index contributed by atoms with van der Waals surface area (Å²) in [5, 5.41) is 1.37. The molecule has 0 spiro atoms. The number of carbonyl (C=O) groups is 1. The van der Waals surface area contributed by atoms with Crippen LogP contribution in [0.3, 0.4) is 0 Å². The van der Waals surface area contributed by atoms with E-state index in [9.17, 15) is 4.79 Å². The Kier molecular flexibility index (Phi) is 6.11. The lowest BCUT2D eigenvalue weighted by Crippen LogP contribution is -2.36. The summed E-state index contributed by atoms with van der Waals surface area (Å²) in [7, 11) is 1.53. The molecule has 32 heavy (non-hydrogen) atoms. The van der Waals surface area contributed by atoms with E-state index in [1.165, 1.54) is 7.11 Å². The molecule has 0 unspecified atom stereocenters. The van der Waals surface area contributed by atoms with Gasteiger partial charge in [-0.1, -0.05) is 11.6 Å². The summed E-state index contributed by atoms with van der Waals surface area (Å²) >= 11 is 6.28. The predicted octanol–water partition coefficient (Wildman–Crippen LogP) is 5.35. The van der Waals surface area contributed by atoms with E-state index in [0.29, 0.717) is 24.0 Å². The Hall–Kier alpha value is -3.06. The zero-order valence-electron chi connectivity index (χ0n) is 18.6. The van der Waals surface area contributed by atoms with Crippen molar-refractivity contribution in [1.29, 1.82) is 0 Å². The van der Waals surface area contributed by atoms with Crippen molar-refractivity contribution in [3.8, 4) is 22.8 Å². The maximum atomic E-state index is 12.3. The molecule has 1 atom stereocenters. The Morgan fingerprint density at radius 3 is 2.72 bits per heavy atom. The third-order valence-corrected chi connectivity index (χ3v) is 5.40. The number of pyridine rings is 2. The summed E-state index contributed by atoms with van der Waals surface area (Å²) in [6.07, 6.45) is 3.82. The van der Waals surface area contributed by atoms with E-state index in [0.717, 1.165) is 34.2 Å². The number of carbonyl (C=O) groups excluding carboxylic acids is 1. The molecule has 3 heterocycles. The highest BCUT2D eigenvalue weighted by molar-refractivity contribution is 6.32. The van der Waals surface area contributed by atoms with Gasteiger partial charge in [0.25, 0.3) is 0 Å². The molecular formula is C24H26ClN3O4. The predicted molar refractivity (Wildman–Crippen MR) is 123 cm³/mol. The zero-order valence-corrected chi connectivity index (χ0v) is 19.3. The first-order chi connectivity index (χ1) is 15.2. The van der Waals surface area contributed by atoms with Gasteiger partial charge in [-0.3, -0.25) is 4.98 Å². The summed E-state index contributed by atoms with van der Waals surface area (Å²) in [6.45, 7) is 6.68. The number of ether oxygens (including phenoxy) is 3. The summed E-state index contributed by atoms with van der Waals surface area (Å²) in [5.74, 6) is 1.10. The lowest BCUT2D eigenvalue weighted by molar-refractivity contribution is 0.0275. The highest BCUT2D eigenvalue weighted by atomic mass is 35.5. The number of nitrogens with zero attached hydrogens (tertiary/aromatic N) is 3. The van der Waals surface area contributed by atoms with Crippen LogP contribution in [0.2, 0.25) is 5.02 Å². The van der Waals surface area contributed by atoms with E-state index in [1.54, 1.807) is 17.3 Å². The van der Waals surface area contributed by atoms with Gasteiger partial charge in [0.1, 0.15) is 22.5 Å². The van der Waals surface area contributed by atoms with E-state index in [4.69, 9.17) is 25.8 Å². The Labute approximate surface area is 192 Å². The van der Waals surface area contributed by atoms with Crippen molar-refractivity contribution in [3.63, 3.8) is 0 Å². The van der Waals surface area contributed by atoms with Gasteiger partial charge in [-0.05, 0) is 56.7 Å². The molecule has 0 saturated carbocycles. The third kappa shape index (κ3) is 4.88. The Balaban J connectivity index is 1.55. The molecule has 0 radical (unpaired) electrons. The molecule has 1 aliphatic heterocycles. The van der Waals surface area contributed by atoms with Gasteiger partial charge in [-0.2, -0.15) is 0 Å². The smallest absolute Gasteiger partial charge is 0.410 e. The minimum atomic E-state index is -0.517. The molecule has 8 heteroatoms. The van der Waals surface area contributed by atoms with Crippen molar-refractivity contribution < 1.29 is 19.0 Å². The molecule has 1 aliphatic rings. The van der Waals surface area contributed by atoms with E-state index >= 15 is 0 Å². The van der Waals surface area contributed by atoms with Crippen LogP contribution in [-0.2, 0) is 4.74 Å². The molecule has 1 fully saturated rings. The van der Waals surface area contributed by atoms with Gasteiger partial charge in [-0.15, -0.1) is 0 Å². The number of hydrogen-bond donors (Lipinski definition) is 0. The van der Waals surface area contributed by atoms with Crippen molar-refractivity contribution in [1.82, 2.24) is 14.9 Å². The normalized spacial score (nSPS) is 16.3. The minimum Gasteiger partial charge on any atom is -0.488 e. The van der Waals surface area contributed by atoms with Crippen LogP contribution in [-0.4, -0.2) is 52.9 Å². The number of rotatable bonds is 4. The van der Waals surface area contributed by atoms with Gasteiger partial charge < -0.3 is 19.1 Å². The van der Waals surface area contributed by atoms with Crippen LogP contribution >= 0.6 is 11.6 Å². The van der Waals surface area contributed by atoms with E-state index < -0.39 is 5.60 Å². The van der Waals surface area contributed by atoms with Crippen molar-refractivity contribution in [2.45, 2.75) is 38.9 Å². The van der Waals surface area contributed by atoms with E-state index in [2.05, 4.69) is 9.97 Å². The average Bonchev–Trinajstić information content (AvgIpc) is 3.21. The van der Waals surface area contributed by atoms with Gasteiger partial charge in [0, 0.05) is 36.3 Å². The first-order valence-electron chi connectivity index (χ1n) is 10.5. The Bertz CT molecular complexity index is 1150. The second kappa shape index (κ2) is 8.82. The Morgan fingerprint density at radius 2 is 2.00 bits per heavy atom. The maximum Gasteiger partial charge on any atom is 0.410 e. The molecule has 1 amide bonds. The fraction of sp³-hybridized carbons (Fsp3) is 0.375. The van der Waals surface area contributed by atoms with Crippen LogP contribution in [0.4, 0.5) is 4.79 Å². The number of halogens is 1. The topological polar surface area (TPSA) is 73.8 Å². The highest BCUT2D eigenvalue weighted by Gasteiger charge is 2.31. The van der Waals surface area contributed by atoms with Gasteiger partial charge in [0.2, 0.25) is 5.88 Å². The molecule has 4 rings (SSSR count). The van der Waals surface area contributed by atoms with E-state index in [1.807, 2.05) is 51.1 Å². The van der Waals surface area contributed by atoms with Crippen LogP contribution in [0, 0.1) is 0 Å². The molecule has 2 aromatic heterocycles. The molecular weight excluding hydrogens is 430 g/mol. The number of hydrogen-bond acceptors (Lipinski definition) is 6. The van der Waals surface area contributed by atoms with Gasteiger partial charge >= 0.3 is 6.09 Å². The van der Waals surface area contributed by atoms with Crippen LogP contribution in [0.25, 0.3) is 22.0 Å². The lowest BCUT2D eigenvalue weighted by Gasteiger charge is -2.24. The maximum absolute atomic E-state index is 12.3. The highest BCUT2D eigenvalue weighted by Crippen LogP contribution is 2.33. The first-order valence-corrected chi connectivity index (χ1v) is 10.8. The second-order valence-electron chi connectivity index (χ2n) is 8.71. The summed E-state index contributed by atoms with van der Waals surface area (Å²) in [5.41, 5.74) is 2.12. The summed E-state index contributed by atoms with van der Waals surface area (Å²) in [4.78, 5) is 22.8. The summed E-state index contributed by atoms with van der Waals surface area (Å²) in [6, 6.07) is 9.53. The van der Waals surface area contributed by atoms with Crippen LogP contribution < -0.4 is 9.47 Å². The molecule has 7 nitrogen and oxygen atoms in total. The lowest BCUT2D eigenvalue weighted by atomic mass is 10.0. The van der Waals surface area contributed by atoms with Crippen molar-refractivity contribution in [3.05, 3.63) is 47.7 Å². The van der Waals surface area contributed by atoms with Crippen molar-refractivity contribution >= 4 is 28.6 Å². The molecule has 1 aromatic carbocycles. The van der Waals surface area contributed by atoms with Gasteiger partial charge in [-0.25, -0.2) is 9.78 Å². The third-order valence-electron chi connectivity index (χ3n) is 5.12. The standard InChI is InChI=1S/C24H26ClN3O4/c1-24(2,3)32-23(29)28-10-8-17(14-28)31-16-5-6-21-19(12-16)18(7-9-26-21)15-11-20(25)22(30-4)27-13-15/h5-7,9,11-13,17H,8,10,14H2,1-4H3/t17-/m0/s1. The number of fused-ring (bicyclic) bond motifs is 1. The number of methoxy groups -OCH3 is 1. The first kappa shape index (κ1) is 22.1. The molecule has 168 valence electrons. The quantitative estimate of drug-likeness (QED) is 0.528. The fourth-order valence-electron chi connectivity index (χ4n) is 3.68. The Morgan fingerprint density at radius 1 is 1.19 bits per heavy atom. The number of amides is 1. The van der Waals surface area contributed by atoms with Crippen molar-refractivity contribution in [2.24, 2.45) is 0 Å².